The number of nitrogen functional groups attached to an aromatic ring is 1. The molecule has 3 N–H and O–H groups in total. The molecule has 4 aromatic rings. The number of nitrogens with zero attached hydrogens (tertiary/aromatic N) is 6. The van der Waals surface area contributed by atoms with E-state index in [4.69, 9.17) is 5.73 Å². The predicted molar refractivity (Wildman–Crippen MR) is 101 cm³/mol. The Hall–Kier alpha value is -3.42. The van der Waals surface area contributed by atoms with Crippen molar-refractivity contribution >= 4 is 22.8 Å². The van der Waals surface area contributed by atoms with Gasteiger partial charge in [-0.15, -0.1) is 0 Å². The maximum absolute atomic E-state index is 6.02. The van der Waals surface area contributed by atoms with E-state index in [0.29, 0.717) is 17.4 Å². The molecule has 0 aliphatic heterocycles. The Kier molecular flexibility index (Phi) is 3.80. The number of fused-ring (bicyclic) bond motifs is 1. The lowest BCUT2D eigenvalue weighted by Crippen LogP contribution is -2.11. The molecule has 0 saturated carbocycles. The second kappa shape index (κ2) is 6.14. The number of benzene rings is 1. The van der Waals surface area contributed by atoms with Gasteiger partial charge in [0, 0.05) is 25.1 Å². The van der Waals surface area contributed by atoms with Crippen molar-refractivity contribution in [1.82, 2.24) is 29.3 Å². The molecule has 0 unspecified atom stereocenters. The van der Waals surface area contributed by atoms with Crippen LogP contribution in [0.25, 0.3) is 16.7 Å². The first-order chi connectivity index (χ1) is 12.5. The molecule has 8 nitrogen and oxygen atoms in total. The van der Waals surface area contributed by atoms with Gasteiger partial charge in [-0.05, 0) is 31.5 Å². The molecule has 1 atom stereocenters. The number of hydrogen-bond donors (Lipinski definition) is 2. The Labute approximate surface area is 150 Å². The fourth-order valence-corrected chi connectivity index (χ4v) is 2.96. The number of rotatable bonds is 4. The minimum absolute atomic E-state index is 0.0259. The fraction of sp³-hybridized carbons (Fsp3) is 0.222. The minimum atomic E-state index is 0.0259. The van der Waals surface area contributed by atoms with Gasteiger partial charge in [0.05, 0.1) is 17.6 Å². The number of imidazole rings is 1. The number of nitrogens with one attached hydrogen (secondary N) is 1. The van der Waals surface area contributed by atoms with Crippen LogP contribution in [-0.4, -0.2) is 29.3 Å². The topological polar surface area (TPSA) is 99.5 Å². The Morgan fingerprint density at radius 1 is 1.15 bits per heavy atom. The summed E-state index contributed by atoms with van der Waals surface area (Å²) in [6, 6.07) is 8.33. The van der Waals surface area contributed by atoms with Crippen LogP contribution in [0.1, 0.15) is 24.4 Å². The molecule has 0 amide bonds. The van der Waals surface area contributed by atoms with Gasteiger partial charge in [-0.1, -0.05) is 12.1 Å². The van der Waals surface area contributed by atoms with E-state index in [9.17, 15) is 0 Å². The zero-order chi connectivity index (χ0) is 18.3. The van der Waals surface area contributed by atoms with Crippen LogP contribution in [0.3, 0.4) is 0 Å². The van der Waals surface area contributed by atoms with Gasteiger partial charge in [-0.25, -0.2) is 4.98 Å². The second-order valence-electron chi connectivity index (χ2n) is 6.24. The first-order valence-electron chi connectivity index (χ1n) is 8.35. The quantitative estimate of drug-likeness (QED) is 0.588. The van der Waals surface area contributed by atoms with E-state index in [0.717, 1.165) is 22.5 Å². The third kappa shape index (κ3) is 2.75. The molecule has 0 spiro atoms. The molecule has 0 fully saturated rings. The van der Waals surface area contributed by atoms with Gasteiger partial charge < -0.3 is 15.6 Å². The van der Waals surface area contributed by atoms with Gasteiger partial charge in [-0.2, -0.15) is 15.1 Å². The van der Waals surface area contributed by atoms with Crippen molar-refractivity contribution in [3.8, 4) is 5.69 Å². The smallest absolute Gasteiger partial charge is 0.227 e. The van der Waals surface area contributed by atoms with Crippen LogP contribution in [0, 0.1) is 6.92 Å². The highest BCUT2D eigenvalue weighted by atomic mass is 15.3. The van der Waals surface area contributed by atoms with E-state index >= 15 is 0 Å². The van der Waals surface area contributed by atoms with E-state index in [1.807, 2.05) is 24.7 Å². The first kappa shape index (κ1) is 16.1. The summed E-state index contributed by atoms with van der Waals surface area (Å²) in [5, 5.41) is 8.24. The molecule has 26 heavy (non-hydrogen) atoms. The normalized spacial score (nSPS) is 12.4. The van der Waals surface area contributed by atoms with Crippen molar-refractivity contribution in [2.24, 2.45) is 7.05 Å². The van der Waals surface area contributed by atoms with Crippen LogP contribution in [0.2, 0.25) is 0 Å². The number of aromatic nitrogens is 6. The van der Waals surface area contributed by atoms with Crippen LogP contribution in [0.4, 0.5) is 11.8 Å². The predicted octanol–water partition coefficient (Wildman–Crippen LogP) is 2.61. The van der Waals surface area contributed by atoms with Crippen molar-refractivity contribution < 1.29 is 0 Å². The number of nitrogens with two attached hydrogens (primary N) is 1. The van der Waals surface area contributed by atoms with Gasteiger partial charge in [0.25, 0.3) is 0 Å². The monoisotopic (exact) mass is 348 g/mol. The molecule has 3 heterocycles. The van der Waals surface area contributed by atoms with E-state index in [1.165, 1.54) is 0 Å². The highest BCUT2D eigenvalue weighted by molar-refractivity contribution is 5.86. The molecule has 132 valence electrons. The van der Waals surface area contributed by atoms with Crippen LogP contribution in [0.15, 0.2) is 42.9 Å². The van der Waals surface area contributed by atoms with Crippen LogP contribution in [0.5, 0.6) is 0 Å². The average Bonchev–Trinajstić information content (AvgIpc) is 3.22. The Morgan fingerprint density at radius 3 is 2.62 bits per heavy atom. The average molecular weight is 348 g/mol. The first-order valence-corrected chi connectivity index (χ1v) is 8.35. The number of aryl methyl sites for hydroxylation is 2. The van der Waals surface area contributed by atoms with Crippen molar-refractivity contribution in [3.63, 3.8) is 0 Å². The lowest BCUT2D eigenvalue weighted by Gasteiger charge is -2.15. The highest BCUT2D eigenvalue weighted by Crippen LogP contribution is 2.23. The maximum Gasteiger partial charge on any atom is 0.227 e. The van der Waals surface area contributed by atoms with Gasteiger partial charge in [0.2, 0.25) is 5.95 Å². The number of hydrogen-bond acceptors (Lipinski definition) is 6. The highest BCUT2D eigenvalue weighted by Gasteiger charge is 2.12. The standard InChI is InChI=1S/C18H20N8/c1-11(13-4-6-14(7-5-13)26-9-8-20-12(26)2)22-18-23-16(19)15-10-21-25(3)17(15)24-18/h4-11H,1-3H3,(H3,19,22,23,24)/t11-/m1/s1. The lowest BCUT2D eigenvalue weighted by atomic mass is 10.1. The molecule has 4 rings (SSSR count). The summed E-state index contributed by atoms with van der Waals surface area (Å²) in [4.78, 5) is 13.1. The molecule has 0 bridgehead atoms. The summed E-state index contributed by atoms with van der Waals surface area (Å²) >= 11 is 0. The molecule has 0 saturated heterocycles. The van der Waals surface area contributed by atoms with Gasteiger partial charge in [0.1, 0.15) is 11.6 Å². The Bertz CT molecular complexity index is 1060. The van der Waals surface area contributed by atoms with Crippen LogP contribution in [-0.2, 0) is 7.05 Å². The fourth-order valence-electron chi connectivity index (χ4n) is 2.96. The number of anilines is 2. The summed E-state index contributed by atoms with van der Waals surface area (Å²) < 4.78 is 3.73. The lowest BCUT2D eigenvalue weighted by molar-refractivity contribution is 0.783. The minimum Gasteiger partial charge on any atom is -0.383 e. The molecular formula is C18H20N8. The van der Waals surface area contributed by atoms with Crippen molar-refractivity contribution in [1.29, 1.82) is 0 Å². The van der Waals surface area contributed by atoms with E-state index in [-0.39, 0.29) is 6.04 Å². The zero-order valence-corrected chi connectivity index (χ0v) is 14.9. The molecule has 0 aliphatic rings. The SMILES string of the molecule is Cc1nccn1-c1ccc([C@@H](C)Nc2nc(N)c3cnn(C)c3n2)cc1. The molecule has 0 radical (unpaired) electrons. The summed E-state index contributed by atoms with van der Waals surface area (Å²) in [7, 11) is 1.83. The van der Waals surface area contributed by atoms with Gasteiger partial charge in [-0.3, -0.25) is 4.68 Å². The maximum atomic E-state index is 6.02. The molecule has 1 aromatic carbocycles. The van der Waals surface area contributed by atoms with Crippen molar-refractivity contribution in [3.05, 3.63) is 54.2 Å². The van der Waals surface area contributed by atoms with Crippen molar-refractivity contribution in [2.45, 2.75) is 19.9 Å². The third-order valence-electron chi connectivity index (χ3n) is 4.46. The second-order valence-corrected chi connectivity index (χ2v) is 6.24. The van der Waals surface area contributed by atoms with Crippen molar-refractivity contribution in [2.75, 3.05) is 11.1 Å². The summed E-state index contributed by atoms with van der Waals surface area (Å²) in [6.45, 7) is 4.04. The van der Waals surface area contributed by atoms with E-state index in [1.54, 1.807) is 17.1 Å². The largest absolute Gasteiger partial charge is 0.383 e. The third-order valence-corrected chi connectivity index (χ3v) is 4.46. The summed E-state index contributed by atoms with van der Waals surface area (Å²) in [5.41, 5.74) is 8.93. The molecule has 8 heteroatoms. The Balaban J connectivity index is 1.57. The molecule has 3 aromatic heterocycles. The summed E-state index contributed by atoms with van der Waals surface area (Å²) in [5.74, 6) is 1.86. The summed E-state index contributed by atoms with van der Waals surface area (Å²) in [6.07, 6.45) is 5.42. The van der Waals surface area contributed by atoms with E-state index in [2.05, 4.69) is 56.6 Å². The molecular weight excluding hydrogens is 328 g/mol. The van der Waals surface area contributed by atoms with Gasteiger partial charge >= 0.3 is 0 Å². The van der Waals surface area contributed by atoms with E-state index < -0.39 is 0 Å². The van der Waals surface area contributed by atoms with Crippen LogP contribution >= 0.6 is 0 Å². The Morgan fingerprint density at radius 2 is 1.92 bits per heavy atom. The van der Waals surface area contributed by atoms with Crippen LogP contribution < -0.4 is 11.1 Å². The molecule has 0 aliphatic carbocycles. The zero-order valence-electron chi connectivity index (χ0n) is 14.9. The van der Waals surface area contributed by atoms with Gasteiger partial charge in [0.15, 0.2) is 5.65 Å².